The summed E-state index contributed by atoms with van der Waals surface area (Å²) in [5.74, 6) is 0.830. The Kier molecular flexibility index (Phi) is 2.91. The molecule has 4 rings (SSSR count). The maximum absolute atomic E-state index is 4.39. The molecule has 0 amide bonds. The summed E-state index contributed by atoms with van der Waals surface area (Å²) in [4.78, 5) is 8.68. The molecule has 0 saturated heterocycles. The molecule has 0 aromatic carbocycles. The molecule has 21 heavy (non-hydrogen) atoms. The predicted molar refractivity (Wildman–Crippen MR) is 82.0 cm³/mol. The first-order chi connectivity index (χ1) is 10.2. The van der Waals surface area contributed by atoms with Crippen LogP contribution in [0.5, 0.6) is 0 Å². The van der Waals surface area contributed by atoms with Gasteiger partial charge in [0, 0.05) is 18.8 Å². The molecule has 7 nitrogen and oxygen atoms in total. The van der Waals surface area contributed by atoms with Crippen LogP contribution in [0.15, 0.2) is 17.1 Å². The number of aryl methyl sites for hydroxylation is 2. The highest BCUT2D eigenvalue weighted by molar-refractivity contribution is 9.10. The molecule has 3 aromatic rings. The van der Waals surface area contributed by atoms with Gasteiger partial charge in [-0.25, -0.2) is 14.6 Å². The second-order valence-electron chi connectivity index (χ2n) is 5.29. The SMILES string of the molecule is Cn1nc(Br)c2c(NC3CCc4[nH]ncc4C3)ncnc21. The number of hydrogen-bond donors (Lipinski definition) is 2. The molecule has 1 aliphatic rings. The average Bonchev–Trinajstić information content (AvgIpc) is 3.04. The molecule has 0 fully saturated rings. The zero-order valence-electron chi connectivity index (χ0n) is 11.5. The van der Waals surface area contributed by atoms with Crippen LogP contribution in [0, 0.1) is 0 Å². The van der Waals surface area contributed by atoms with E-state index in [1.54, 1.807) is 11.0 Å². The third kappa shape index (κ3) is 2.10. The van der Waals surface area contributed by atoms with Crippen molar-refractivity contribution in [2.45, 2.75) is 25.3 Å². The topological polar surface area (TPSA) is 84.3 Å². The third-order valence-corrected chi connectivity index (χ3v) is 4.49. The number of fused-ring (bicyclic) bond motifs is 2. The van der Waals surface area contributed by atoms with Gasteiger partial charge >= 0.3 is 0 Å². The van der Waals surface area contributed by atoms with Gasteiger partial charge in [0.2, 0.25) is 0 Å². The van der Waals surface area contributed by atoms with Crippen LogP contribution in [0.4, 0.5) is 5.82 Å². The molecule has 8 heteroatoms. The Bertz CT molecular complexity index is 806. The fourth-order valence-electron chi connectivity index (χ4n) is 2.88. The number of aromatic amines is 1. The van der Waals surface area contributed by atoms with Gasteiger partial charge in [0.15, 0.2) is 5.65 Å². The Balaban J connectivity index is 1.66. The van der Waals surface area contributed by atoms with E-state index in [9.17, 15) is 0 Å². The van der Waals surface area contributed by atoms with Crippen LogP contribution >= 0.6 is 15.9 Å². The summed E-state index contributed by atoms with van der Waals surface area (Å²) < 4.78 is 2.52. The number of nitrogens with zero attached hydrogens (tertiary/aromatic N) is 5. The number of hydrogen-bond acceptors (Lipinski definition) is 5. The molecule has 0 aliphatic heterocycles. The van der Waals surface area contributed by atoms with Crippen molar-refractivity contribution in [3.8, 4) is 0 Å². The summed E-state index contributed by atoms with van der Waals surface area (Å²) in [5.41, 5.74) is 3.36. The van der Waals surface area contributed by atoms with Crippen molar-refractivity contribution < 1.29 is 0 Å². The first-order valence-corrected chi connectivity index (χ1v) is 7.62. The highest BCUT2D eigenvalue weighted by Gasteiger charge is 2.22. The van der Waals surface area contributed by atoms with E-state index in [2.05, 4.69) is 46.5 Å². The lowest BCUT2D eigenvalue weighted by molar-refractivity contribution is 0.603. The monoisotopic (exact) mass is 347 g/mol. The number of rotatable bonds is 2. The van der Waals surface area contributed by atoms with Crippen molar-refractivity contribution in [1.29, 1.82) is 0 Å². The highest BCUT2D eigenvalue weighted by atomic mass is 79.9. The van der Waals surface area contributed by atoms with Gasteiger partial charge in [-0.05, 0) is 40.8 Å². The lowest BCUT2D eigenvalue weighted by Crippen LogP contribution is -2.27. The van der Waals surface area contributed by atoms with Crippen molar-refractivity contribution in [2.24, 2.45) is 7.05 Å². The smallest absolute Gasteiger partial charge is 0.164 e. The van der Waals surface area contributed by atoms with Gasteiger partial charge in [0.1, 0.15) is 16.7 Å². The minimum atomic E-state index is 0.348. The number of halogens is 1. The minimum Gasteiger partial charge on any atom is -0.366 e. The van der Waals surface area contributed by atoms with Crippen molar-refractivity contribution in [2.75, 3.05) is 5.32 Å². The van der Waals surface area contributed by atoms with Gasteiger partial charge in [0.25, 0.3) is 0 Å². The standard InChI is InChI=1S/C13H14BrN7/c1-21-13-10(11(14)20-21)12(15-6-16-13)18-8-2-3-9-7(4-8)5-17-19-9/h5-6,8H,2-4H2,1H3,(H,17,19)(H,15,16,18). The van der Waals surface area contributed by atoms with E-state index in [1.807, 2.05) is 13.2 Å². The van der Waals surface area contributed by atoms with Crippen LogP contribution in [0.2, 0.25) is 0 Å². The Hall–Kier alpha value is -1.96. The molecule has 3 heterocycles. The van der Waals surface area contributed by atoms with Crippen LogP contribution in [-0.4, -0.2) is 36.0 Å². The molecular weight excluding hydrogens is 334 g/mol. The first kappa shape index (κ1) is 12.8. The second-order valence-corrected chi connectivity index (χ2v) is 6.04. The Morgan fingerprint density at radius 1 is 1.43 bits per heavy atom. The summed E-state index contributed by atoms with van der Waals surface area (Å²) >= 11 is 3.49. The fraction of sp³-hybridized carbons (Fsp3) is 0.385. The lowest BCUT2D eigenvalue weighted by Gasteiger charge is -2.23. The second kappa shape index (κ2) is 4.80. The molecule has 1 aliphatic carbocycles. The molecule has 3 aromatic heterocycles. The van der Waals surface area contributed by atoms with Crippen molar-refractivity contribution in [3.63, 3.8) is 0 Å². The van der Waals surface area contributed by atoms with Gasteiger partial charge in [0.05, 0.1) is 11.6 Å². The largest absolute Gasteiger partial charge is 0.366 e. The van der Waals surface area contributed by atoms with Gasteiger partial charge in [-0.3, -0.25) is 5.10 Å². The third-order valence-electron chi connectivity index (χ3n) is 3.94. The minimum absolute atomic E-state index is 0.348. The Morgan fingerprint density at radius 2 is 2.33 bits per heavy atom. The van der Waals surface area contributed by atoms with E-state index >= 15 is 0 Å². The predicted octanol–water partition coefficient (Wildman–Crippen LogP) is 1.82. The molecule has 1 unspecified atom stereocenters. The maximum atomic E-state index is 4.39. The summed E-state index contributed by atoms with van der Waals surface area (Å²) in [6.07, 6.45) is 6.51. The number of nitrogens with one attached hydrogen (secondary N) is 2. The summed E-state index contributed by atoms with van der Waals surface area (Å²) in [5, 5.41) is 16.0. The molecule has 2 N–H and O–H groups in total. The van der Waals surface area contributed by atoms with E-state index < -0.39 is 0 Å². The molecule has 1 atom stereocenters. The van der Waals surface area contributed by atoms with Crippen molar-refractivity contribution >= 4 is 32.8 Å². The summed E-state index contributed by atoms with van der Waals surface area (Å²) in [6.45, 7) is 0. The first-order valence-electron chi connectivity index (χ1n) is 6.83. The fourth-order valence-corrected chi connectivity index (χ4v) is 3.49. The van der Waals surface area contributed by atoms with Gasteiger partial charge < -0.3 is 5.32 Å². The van der Waals surface area contributed by atoms with Crippen molar-refractivity contribution in [3.05, 3.63) is 28.4 Å². The van der Waals surface area contributed by atoms with Gasteiger partial charge in [-0.2, -0.15) is 10.2 Å². The van der Waals surface area contributed by atoms with E-state index in [1.165, 1.54) is 11.3 Å². The normalized spacial score (nSPS) is 17.9. The molecule has 0 bridgehead atoms. The van der Waals surface area contributed by atoms with E-state index in [0.717, 1.165) is 40.7 Å². The summed E-state index contributed by atoms with van der Waals surface area (Å²) in [6, 6.07) is 0.348. The quantitative estimate of drug-likeness (QED) is 0.738. The number of H-pyrrole nitrogens is 1. The number of aromatic nitrogens is 6. The molecule has 0 radical (unpaired) electrons. The van der Waals surface area contributed by atoms with Gasteiger partial charge in [-0.15, -0.1) is 0 Å². The van der Waals surface area contributed by atoms with Crippen molar-refractivity contribution in [1.82, 2.24) is 29.9 Å². The zero-order valence-corrected chi connectivity index (χ0v) is 13.1. The zero-order chi connectivity index (χ0) is 14.4. The van der Waals surface area contributed by atoms with E-state index in [0.29, 0.717) is 6.04 Å². The molecular formula is C13H14BrN7. The molecule has 0 spiro atoms. The maximum Gasteiger partial charge on any atom is 0.164 e. The van der Waals surface area contributed by atoms with Crippen LogP contribution in [0.3, 0.4) is 0 Å². The molecule has 0 saturated carbocycles. The van der Waals surface area contributed by atoms with E-state index in [-0.39, 0.29) is 0 Å². The van der Waals surface area contributed by atoms with Crippen LogP contribution < -0.4 is 5.32 Å². The van der Waals surface area contributed by atoms with Gasteiger partial charge in [-0.1, -0.05) is 0 Å². The molecule has 108 valence electrons. The number of anilines is 1. The van der Waals surface area contributed by atoms with E-state index in [4.69, 9.17) is 0 Å². The summed E-state index contributed by atoms with van der Waals surface area (Å²) in [7, 11) is 1.88. The average molecular weight is 348 g/mol. The van der Waals surface area contributed by atoms with Crippen LogP contribution in [0.1, 0.15) is 17.7 Å². The van der Waals surface area contributed by atoms with Crippen LogP contribution in [0.25, 0.3) is 11.0 Å². The van der Waals surface area contributed by atoms with Crippen LogP contribution in [-0.2, 0) is 19.9 Å². The highest BCUT2D eigenvalue weighted by Crippen LogP contribution is 2.29. The Labute approximate surface area is 129 Å². The Morgan fingerprint density at radius 3 is 3.24 bits per heavy atom. The lowest BCUT2D eigenvalue weighted by atomic mass is 9.93.